The minimum absolute atomic E-state index is 0.0123. The second-order valence-electron chi connectivity index (χ2n) is 5.08. The zero-order chi connectivity index (χ0) is 14.4. The number of nitrogens with one attached hydrogen (secondary N) is 1. The summed E-state index contributed by atoms with van der Waals surface area (Å²) in [5, 5.41) is 3.21. The van der Waals surface area contributed by atoms with Crippen LogP contribution >= 0.6 is 0 Å². The molecule has 1 unspecified atom stereocenters. The van der Waals surface area contributed by atoms with Gasteiger partial charge in [-0.25, -0.2) is 0 Å². The molecule has 3 nitrogen and oxygen atoms in total. The van der Waals surface area contributed by atoms with Gasteiger partial charge in [0, 0.05) is 24.7 Å². The third kappa shape index (κ3) is 3.98. The van der Waals surface area contributed by atoms with Gasteiger partial charge in [-0.05, 0) is 6.54 Å². The number of ether oxygens (including phenoxy) is 1. The Bertz CT molecular complexity index is 400. The number of hydrogen-bond donors (Lipinski definition) is 1. The molecule has 1 aromatic carbocycles. The highest BCUT2D eigenvalue weighted by Gasteiger charge is 2.37. The molecule has 0 aliphatic carbocycles. The normalized spacial score (nSPS) is 21.1. The number of nitrogens with zero attached hydrogens (tertiary/aromatic N) is 1. The number of alkyl halides is 2. The molecular formula is C15H22F2N2O. The van der Waals surface area contributed by atoms with Crippen LogP contribution in [0, 0.1) is 0 Å². The van der Waals surface area contributed by atoms with E-state index in [1.807, 2.05) is 11.8 Å². The van der Waals surface area contributed by atoms with E-state index in [-0.39, 0.29) is 18.2 Å². The van der Waals surface area contributed by atoms with Crippen LogP contribution in [0.2, 0.25) is 0 Å². The topological polar surface area (TPSA) is 24.5 Å². The third-order valence-electron chi connectivity index (χ3n) is 3.58. The Hall–Kier alpha value is -1.04. The molecule has 0 saturated carbocycles. The summed E-state index contributed by atoms with van der Waals surface area (Å²) < 4.78 is 34.1. The number of morpholine rings is 1. The van der Waals surface area contributed by atoms with Crippen LogP contribution in [0.15, 0.2) is 30.3 Å². The maximum absolute atomic E-state index is 14.3. The van der Waals surface area contributed by atoms with E-state index in [4.69, 9.17) is 4.74 Å². The maximum atomic E-state index is 14.3. The van der Waals surface area contributed by atoms with Crippen LogP contribution < -0.4 is 5.32 Å². The molecule has 1 aromatic rings. The standard InChI is InChI=1S/C15H22F2N2O/c1-2-18-10-14-11-20-9-8-19(14)12-15(16,17)13-6-4-3-5-7-13/h3-7,14,18H,2,8-12H2,1H3. The quantitative estimate of drug-likeness (QED) is 0.865. The van der Waals surface area contributed by atoms with Gasteiger partial charge in [-0.2, -0.15) is 8.78 Å². The third-order valence-corrected chi connectivity index (χ3v) is 3.58. The molecular weight excluding hydrogens is 262 g/mol. The van der Waals surface area contributed by atoms with Crippen LogP contribution in [0.1, 0.15) is 12.5 Å². The number of rotatable bonds is 6. The van der Waals surface area contributed by atoms with E-state index >= 15 is 0 Å². The summed E-state index contributed by atoms with van der Waals surface area (Å²) in [6, 6.07) is 8.04. The average molecular weight is 284 g/mol. The highest BCUT2D eigenvalue weighted by Crippen LogP contribution is 2.29. The lowest BCUT2D eigenvalue weighted by Crippen LogP contribution is -2.53. The van der Waals surface area contributed by atoms with Gasteiger partial charge in [-0.15, -0.1) is 0 Å². The van der Waals surface area contributed by atoms with Gasteiger partial charge < -0.3 is 10.1 Å². The van der Waals surface area contributed by atoms with Crippen LogP contribution in [-0.4, -0.2) is 50.3 Å². The Balaban J connectivity index is 2.02. The van der Waals surface area contributed by atoms with Crippen molar-refractivity contribution in [2.45, 2.75) is 18.9 Å². The van der Waals surface area contributed by atoms with Crippen molar-refractivity contribution in [3.63, 3.8) is 0 Å². The monoisotopic (exact) mass is 284 g/mol. The van der Waals surface area contributed by atoms with Crippen LogP contribution in [0.3, 0.4) is 0 Å². The molecule has 1 atom stereocenters. The van der Waals surface area contributed by atoms with Crippen LogP contribution in [0.5, 0.6) is 0 Å². The summed E-state index contributed by atoms with van der Waals surface area (Å²) in [6.45, 7) is 4.85. The van der Waals surface area contributed by atoms with E-state index in [0.717, 1.165) is 6.54 Å². The van der Waals surface area contributed by atoms with Crippen molar-refractivity contribution in [2.24, 2.45) is 0 Å². The first-order chi connectivity index (χ1) is 9.63. The number of halogens is 2. The molecule has 5 heteroatoms. The molecule has 1 N–H and O–H groups in total. The Kier molecular flexibility index (Phi) is 5.46. The lowest BCUT2D eigenvalue weighted by atomic mass is 10.1. The molecule has 0 spiro atoms. The van der Waals surface area contributed by atoms with Gasteiger partial charge in [-0.3, -0.25) is 4.90 Å². The molecule has 1 saturated heterocycles. The van der Waals surface area contributed by atoms with Crippen LogP contribution in [0.4, 0.5) is 8.78 Å². The SMILES string of the molecule is CCNCC1COCCN1CC(F)(F)c1ccccc1. The van der Waals surface area contributed by atoms with E-state index in [2.05, 4.69) is 5.32 Å². The van der Waals surface area contributed by atoms with Gasteiger partial charge in [0.05, 0.1) is 19.8 Å². The average Bonchev–Trinajstić information content (AvgIpc) is 2.47. The lowest BCUT2D eigenvalue weighted by molar-refractivity contribution is -0.0829. The first kappa shape index (κ1) is 15.4. The van der Waals surface area contributed by atoms with Gasteiger partial charge in [0.15, 0.2) is 0 Å². The number of hydrogen-bond acceptors (Lipinski definition) is 3. The fourth-order valence-electron chi connectivity index (χ4n) is 2.42. The Morgan fingerprint density at radius 2 is 2.10 bits per heavy atom. The minimum atomic E-state index is -2.83. The van der Waals surface area contributed by atoms with Crippen molar-refractivity contribution in [3.8, 4) is 0 Å². The van der Waals surface area contributed by atoms with Gasteiger partial charge >= 0.3 is 0 Å². The fourth-order valence-corrected chi connectivity index (χ4v) is 2.42. The van der Waals surface area contributed by atoms with E-state index in [1.54, 1.807) is 18.2 Å². The molecule has 1 heterocycles. The van der Waals surface area contributed by atoms with Crippen molar-refractivity contribution in [2.75, 3.05) is 39.4 Å². The highest BCUT2D eigenvalue weighted by molar-refractivity contribution is 5.20. The molecule has 1 fully saturated rings. The van der Waals surface area contributed by atoms with E-state index in [1.165, 1.54) is 12.1 Å². The predicted octanol–water partition coefficient (Wildman–Crippen LogP) is 2.09. The molecule has 20 heavy (non-hydrogen) atoms. The largest absolute Gasteiger partial charge is 0.378 e. The molecule has 112 valence electrons. The first-order valence-electron chi connectivity index (χ1n) is 7.09. The fraction of sp³-hybridized carbons (Fsp3) is 0.600. The van der Waals surface area contributed by atoms with Gasteiger partial charge in [0.25, 0.3) is 5.92 Å². The molecule has 0 bridgehead atoms. The second kappa shape index (κ2) is 7.11. The molecule has 0 amide bonds. The van der Waals surface area contributed by atoms with Crippen LogP contribution in [0.25, 0.3) is 0 Å². The second-order valence-corrected chi connectivity index (χ2v) is 5.08. The minimum Gasteiger partial charge on any atom is -0.378 e. The van der Waals surface area contributed by atoms with Gasteiger partial charge in [-0.1, -0.05) is 37.3 Å². The Morgan fingerprint density at radius 3 is 2.80 bits per heavy atom. The Morgan fingerprint density at radius 1 is 1.35 bits per heavy atom. The summed E-state index contributed by atoms with van der Waals surface area (Å²) in [5.41, 5.74) is 0.0775. The lowest BCUT2D eigenvalue weighted by Gasteiger charge is -2.37. The summed E-state index contributed by atoms with van der Waals surface area (Å²) in [4.78, 5) is 1.83. The van der Waals surface area contributed by atoms with E-state index in [0.29, 0.717) is 26.3 Å². The summed E-state index contributed by atoms with van der Waals surface area (Å²) in [5.74, 6) is -2.83. The first-order valence-corrected chi connectivity index (χ1v) is 7.09. The van der Waals surface area contributed by atoms with E-state index < -0.39 is 5.92 Å². The van der Waals surface area contributed by atoms with E-state index in [9.17, 15) is 8.78 Å². The van der Waals surface area contributed by atoms with Crippen molar-refractivity contribution in [1.29, 1.82) is 0 Å². The van der Waals surface area contributed by atoms with Crippen molar-refractivity contribution < 1.29 is 13.5 Å². The highest BCUT2D eigenvalue weighted by atomic mass is 19.3. The predicted molar refractivity (Wildman–Crippen MR) is 75.1 cm³/mol. The molecule has 1 aliphatic heterocycles. The number of benzene rings is 1. The van der Waals surface area contributed by atoms with Crippen molar-refractivity contribution >= 4 is 0 Å². The number of likely N-dealkylation sites (N-methyl/N-ethyl adjacent to an activating group) is 1. The molecule has 2 rings (SSSR count). The van der Waals surface area contributed by atoms with Crippen molar-refractivity contribution in [1.82, 2.24) is 10.2 Å². The summed E-state index contributed by atoms with van der Waals surface area (Å²) in [7, 11) is 0. The summed E-state index contributed by atoms with van der Waals surface area (Å²) >= 11 is 0. The van der Waals surface area contributed by atoms with Crippen molar-refractivity contribution in [3.05, 3.63) is 35.9 Å². The van der Waals surface area contributed by atoms with Gasteiger partial charge in [0.1, 0.15) is 0 Å². The smallest absolute Gasteiger partial charge is 0.285 e. The molecule has 1 aliphatic rings. The zero-order valence-electron chi connectivity index (χ0n) is 11.8. The maximum Gasteiger partial charge on any atom is 0.285 e. The van der Waals surface area contributed by atoms with Gasteiger partial charge in [0.2, 0.25) is 0 Å². The Labute approximate surface area is 118 Å². The zero-order valence-corrected chi connectivity index (χ0v) is 11.8. The molecule has 0 aromatic heterocycles. The molecule has 0 radical (unpaired) electrons. The van der Waals surface area contributed by atoms with Crippen LogP contribution in [-0.2, 0) is 10.7 Å². The summed E-state index contributed by atoms with van der Waals surface area (Å²) in [6.07, 6.45) is 0.